The summed E-state index contributed by atoms with van der Waals surface area (Å²) in [5, 5.41) is 11.5. The number of non-ortho nitro benzene ring substituents is 1. The van der Waals surface area contributed by atoms with E-state index in [0.29, 0.717) is 36.1 Å². The molecule has 2 aromatic rings. The summed E-state index contributed by atoms with van der Waals surface area (Å²) in [7, 11) is 0. The lowest BCUT2D eigenvalue weighted by atomic mass is 10.1. The van der Waals surface area contributed by atoms with Crippen molar-refractivity contribution < 1.29 is 19.2 Å². The van der Waals surface area contributed by atoms with Crippen molar-refractivity contribution in [3.05, 3.63) is 68.6 Å². The molecule has 168 valence electrons. The minimum atomic E-state index is -0.435. The molecule has 0 aromatic heterocycles. The van der Waals surface area contributed by atoms with Gasteiger partial charge in [0, 0.05) is 25.2 Å². The number of nitro benzene ring substituents is 1. The zero-order valence-corrected chi connectivity index (χ0v) is 19.1. The Kier molecular flexibility index (Phi) is 7.88. The molecule has 1 saturated heterocycles. The first-order valence-corrected chi connectivity index (χ1v) is 11.2. The van der Waals surface area contributed by atoms with Crippen molar-refractivity contribution >= 4 is 34.6 Å². The maximum atomic E-state index is 12.7. The summed E-state index contributed by atoms with van der Waals surface area (Å²) in [6.45, 7) is 7.65. The molecule has 0 bridgehead atoms. The van der Waals surface area contributed by atoms with Crippen LogP contribution >= 0.6 is 11.8 Å². The van der Waals surface area contributed by atoms with Crippen LogP contribution < -0.4 is 9.47 Å². The smallest absolute Gasteiger partial charge is 0.269 e. The van der Waals surface area contributed by atoms with Gasteiger partial charge in [0.25, 0.3) is 11.6 Å². The van der Waals surface area contributed by atoms with E-state index in [2.05, 4.69) is 4.99 Å². The summed E-state index contributed by atoms with van der Waals surface area (Å²) in [4.78, 5) is 29.7. The molecule has 1 fully saturated rings. The fraction of sp³-hybridized carbons (Fsp3) is 0.304. The van der Waals surface area contributed by atoms with Gasteiger partial charge in [0.05, 0.1) is 16.4 Å². The van der Waals surface area contributed by atoms with Gasteiger partial charge < -0.3 is 9.47 Å². The minimum absolute atomic E-state index is 0.0363. The molecule has 1 amide bonds. The first-order chi connectivity index (χ1) is 15.5. The van der Waals surface area contributed by atoms with E-state index in [1.54, 1.807) is 23.1 Å². The molecule has 0 N–H and O–H groups in total. The van der Waals surface area contributed by atoms with Gasteiger partial charge in [0.15, 0.2) is 16.7 Å². The van der Waals surface area contributed by atoms with E-state index in [1.807, 2.05) is 39.0 Å². The molecule has 1 aliphatic heterocycles. The van der Waals surface area contributed by atoms with Gasteiger partial charge in [-0.15, -0.1) is 0 Å². The Hall–Kier alpha value is -3.33. The van der Waals surface area contributed by atoms with Crippen LogP contribution in [0.1, 0.15) is 31.9 Å². The number of likely N-dealkylation sites (N-methyl/N-ethyl adjacent to an activating group) is 1. The van der Waals surface area contributed by atoms with Crippen LogP contribution in [0.4, 0.5) is 5.69 Å². The van der Waals surface area contributed by atoms with E-state index < -0.39 is 4.92 Å². The molecule has 0 saturated carbocycles. The number of thioether (sulfide) groups is 1. The van der Waals surface area contributed by atoms with E-state index in [-0.39, 0.29) is 18.2 Å². The number of rotatable bonds is 9. The van der Waals surface area contributed by atoms with Crippen molar-refractivity contribution in [2.75, 3.05) is 19.7 Å². The number of ether oxygens (including phenoxy) is 2. The van der Waals surface area contributed by atoms with E-state index in [1.165, 1.54) is 23.9 Å². The van der Waals surface area contributed by atoms with Crippen molar-refractivity contribution in [1.29, 1.82) is 0 Å². The lowest BCUT2D eigenvalue weighted by molar-refractivity contribution is -0.384. The summed E-state index contributed by atoms with van der Waals surface area (Å²) >= 11 is 1.37. The van der Waals surface area contributed by atoms with Crippen LogP contribution in [0.5, 0.6) is 11.5 Å². The monoisotopic (exact) mass is 455 g/mol. The van der Waals surface area contributed by atoms with E-state index in [9.17, 15) is 14.9 Å². The normalized spacial score (nSPS) is 16.1. The lowest BCUT2D eigenvalue weighted by Crippen LogP contribution is -2.28. The Bertz CT molecular complexity index is 1050. The Morgan fingerprint density at radius 2 is 1.84 bits per heavy atom. The molecule has 0 spiro atoms. The molecule has 0 unspecified atom stereocenters. The average Bonchev–Trinajstić information content (AvgIpc) is 3.08. The van der Waals surface area contributed by atoms with Gasteiger partial charge in [-0.05, 0) is 74.0 Å². The number of carbonyl (C=O) groups excluding carboxylic acids is 1. The van der Waals surface area contributed by atoms with E-state index >= 15 is 0 Å². The maximum Gasteiger partial charge on any atom is 0.269 e. The average molecular weight is 456 g/mol. The van der Waals surface area contributed by atoms with Gasteiger partial charge in [-0.1, -0.05) is 6.07 Å². The molecule has 1 heterocycles. The van der Waals surface area contributed by atoms with Crippen molar-refractivity contribution in [2.45, 2.75) is 27.4 Å². The summed E-state index contributed by atoms with van der Waals surface area (Å²) in [5.74, 6) is 1.07. The maximum absolute atomic E-state index is 12.7. The number of amides is 1. The highest BCUT2D eigenvalue weighted by atomic mass is 32.2. The summed E-state index contributed by atoms with van der Waals surface area (Å²) in [6.07, 6.45) is 1.83. The van der Waals surface area contributed by atoms with Crippen LogP contribution in [-0.4, -0.2) is 40.6 Å². The molecule has 0 atom stereocenters. The van der Waals surface area contributed by atoms with Crippen LogP contribution in [-0.2, 0) is 11.4 Å². The molecular formula is C23H25N3O5S. The van der Waals surface area contributed by atoms with Gasteiger partial charge in [-0.25, -0.2) is 0 Å². The number of hydrogen-bond acceptors (Lipinski definition) is 7. The topological polar surface area (TPSA) is 94.3 Å². The van der Waals surface area contributed by atoms with Crippen molar-refractivity contribution in [3.8, 4) is 11.5 Å². The molecule has 2 aromatic carbocycles. The van der Waals surface area contributed by atoms with Crippen molar-refractivity contribution in [3.63, 3.8) is 0 Å². The Morgan fingerprint density at radius 3 is 2.47 bits per heavy atom. The van der Waals surface area contributed by atoms with Crippen LogP contribution in [0.2, 0.25) is 0 Å². The van der Waals surface area contributed by atoms with E-state index in [0.717, 1.165) is 16.3 Å². The standard InChI is InChI=1S/C23H25N3O5S/c1-4-24-23-25(5-2)22(27)21(32-23)14-17-9-12-19(20(13-17)30-6-3)31-15-16-7-10-18(11-8-16)26(28)29/h7-14H,4-6,15H2,1-3H3/b21-14+,24-23?. The molecule has 3 rings (SSSR count). The third-order valence-electron chi connectivity index (χ3n) is 4.60. The SMILES string of the molecule is CCN=C1S/C(=C/c2ccc(OCc3ccc([N+](=O)[O-])cc3)c(OCC)c2)C(=O)N1CC. The number of carbonyl (C=O) groups is 1. The predicted molar refractivity (Wildman–Crippen MR) is 126 cm³/mol. The second-order valence-electron chi connectivity index (χ2n) is 6.77. The molecule has 32 heavy (non-hydrogen) atoms. The quantitative estimate of drug-likeness (QED) is 0.304. The number of aliphatic imine (C=N–C) groups is 1. The van der Waals surface area contributed by atoms with Crippen molar-refractivity contribution in [2.24, 2.45) is 4.99 Å². The number of nitrogens with zero attached hydrogens (tertiary/aromatic N) is 3. The minimum Gasteiger partial charge on any atom is -0.490 e. The zero-order valence-electron chi connectivity index (χ0n) is 18.2. The molecule has 9 heteroatoms. The highest BCUT2D eigenvalue weighted by Crippen LogP contribution is 2.35. The molecule has 8 nitrogen and oxygen atoms in total. The van der Waals surface area contributed by atoms with Crippen LogP contribution in [0.25, 0.3) is 6.08 Å². The summed E-state index contributed by atoms with van der Waals surface area (Å²) in [6, 6.07) is 11.7. The lowest BCUT2D eigenvalue weighted by Gasteiger charge is -2.13. The summed E-state index contributed by atoms with van der Waals surface area (Å²) in [5.41, 5.74) is 1.66. The fourth-order valence-corrected chi connectivity index (χ4v) is 4.17. The first-order valence-electron chi connectivity index (χ1n) is 10.4. The second kappa shape index (κ2) is 10.8. The highest BCUT2D eigenvalue weighted by molar-refractivity contribution is 8.18. The van der Waals surface area contributed by atoms with Crippen molar-refractivity contribution in [1.82, 2.24) is 4.90 Å². The highest BCUT2D eigenvalue weighted by Gasteiger charge is 2.31. The number of amidine groups is 1. The Balaban J connectivity index is 1.78. The second-order valence-corrected chi connectivity index (χ2v) is 7.78. The molecular weight excluding hydrogens is 430 g/mol. The molecule has 0 aliphatic carbocycles. The zero-order chi connectivity index (χ0) is 23.1. The fourth-order valence-electron chi connectivity index (χ4n) is 3.07. The van der Waals surface area contributed by atoms with E-state index in [4.69, 9.17) is 9.47 Å². The number of benzene rings is 2. The van der Waals surface area contributed by atoms with Gasteiger partial charge >= 0.3 is 0 Å². The largest absolute Gasteiger partial charge is 0.490 e. The van der Waals surface area contributed by atoms with Gasteiger partial charge in [0.2, 0.25) is 0 Å². The predicted octanol–water partition coefficient (Wildman–Crippen LogP) is 4.88. The van der Waals surface area contributed by atoms with Crippen LogP contribution in [0.15, 0.2) is 52.4 Å². The van der Waals surface area contributed by atoms with Crippen LogP contribution in [0, 0.1) is 10.1 Å². The Morgan fingerprint density at radius 1 is 1.09 bits per heavy atom. The van der Waals surface area contributed by atoms with Gasteiger partial charge in [-0.2, -0.15) is 0 Å². The number of nitro groups is 1. The third kappa shape index (κ3) is 5.47. The van der Waals surface area contributed by atoms with Gasteiger partial charge in [-0.3, -0.25) is 24.8 Å². The first kappa shape index (κ1) is 23.3. The molecule has 0 radical (unpaired) electrons. The Labute approximate surface area is 191 Å². The number of hydrogen-bond donors (Lipinski definition) is 0. The molecule has 1 aliphatic rings. The van der Waals surface area contributed by atoms with Crippen LogP contribution in [0.3, 0.4) is 0 Å². The summed E-state index contributed by atoms with van der Waals surface area (Å²) < 4.78 is 11.6. The third-order valence-corrected chi connectivity index (χ3v) is 5.65. The van der Waals surface area contributed by atoms with Gasteiger partial charge in [0.1, 0.15) is 6.61 Å².